The second-order valence-corrected chi connectivity index (χ2v) is 3.44. The van der Waals surface area contributed by atoms with Crippen LogP contribution < -0.4 is 4.74 Å². The van der Waals surface area contributed by atoms with Crippen LogP contribution in [0.25, 0.3) is 6.08 Å². The Morgan fingerprint density at radius 3 is 3.00 bits per heavy atom. The molecule has 1 unspecified atom stereocenters. The molecule has 2 heteroatoms. The first-order chi connectivity index (χ1) is 6.70. The van der Waals surface area contributed by atoms with Gasteiger partial charge >= 0.3 is 0 Å². The Morgan fingerprint density at radius 2 is 2.29 bits per heavy atom. The van der Waals surface area contributed by atoms with Crippen molar-refractivity contribution in [1.82, 2.24) is 0 Å². The smallest absolute Gasteiger partial charge is 0.145 e. The molecule has 14 heavy (non-hydrogen) atoms. The number of nitrogens with zero attached hydrogens (tertiary/aromatic N) is 1. The van der Waals surface area contributed by atoms with Gasteiger partial charge in [0.25, 0.3) is 0 Å². The highest BCUT2D eigenvalue weighted by Gasteiger charge is 2.16. The van der Waals surface area contributed by atoms with Gasteiger partial charge in [-0.3, -0.25) is 4.99 Å². The summed E-state index contributed by atoms with van der Waals surface area (Å²) in [5, 5.41) is 0. The molecule has 2 rings (SSSR count). The first kappa shape index (κ1) is 9.00. The third-order valence-electron chi connectivity index (χ3n) is 2.41. The Morgan fingerprint density at radius 1 is 1.50 bits per heavy atom. The minimum absolute atomic E-state index is 0.0806. The molecule has 1 heterocycles. The van der Waals surface area contributed by atoms with Gasteiger partial charge in [0.05, 0.1) is 5.71 Å². The van der Waals surface area contributed by atoms with Crippen molar-refractivity contribution < 1.29 is 4.74 Å². The minimum Gasteiger partial charge on any atom is -0.483 e. The van der Waals surface area contributed by atoms with E-state index in [2.05, 4.69) is 11.6 Å². The van der Waals surface area contributed by atoms with Crippen LogP contribution in [-0.2, 0) is 0 Å². The summed E-state index contributed by atoms with van der Waals surface area (Å²) >= 11 is 0. The third kappa shape index (κ3) is 1.43. The van der Waals surface area contributed by atoms with E-state index >= 15 is 0 Å². The van der Waals surface area contributed by atoms with Gasteiger partial charge in [-0.2, -0.15) is 0 Å². The van der Waals surface area contributed by atoms with E-state index in [1.807, 2.05) is 38.1 Å². The number of hydrogen-bond acceptors (Lipinski definition) is 2. The molecule has 0 bridgehead atoms. The SMILES string of the molecule is C=Cc1ccc2c(c1)N=C(C)C(C)O2. The molecule has 0 aromatic heterocycles. The molecule has 0 N–H and O–H groups in total. The molecular weight excluding hydrogens is 174 g/mol. The third-order valence-corrected chi connectivity index (χ3v) is 2.41. The lowest BCUT2D eigenvalue weighted by Crippen LogP contribution is -2.23. The second-order valence-electron chi connectivity index (χ2n) is 3.44. The maximum atomic E-state index is 5.68. The molecule has 1 aliphatic heterocycles. The van der Waals surface area contributed by atoms with Gasteiger partial charge in [-0.05, 0) is 31.5 Å². The highest BCUT2D eigenvalue weighted by atomic mass is 16.5. The Kier molecular flexibility index (Phi) is 2.12. The standard InChI is InChI=1S/C12H13NO/c1-4-10-5-6-12-11(7-10)13-8(2)9(3)14-12/h4-7,9H,1H2,2-3H3. The minimum atomic E-state index is 0.0806. The molecule has 0 radical (unpaired) electrons. The van der Waals surface area contributed by atoms with Gasteiger partial charge in [-0.1, -0.05) is 18.7 Å². The average molecular weight is 187 g/mol. The van der Waals surface area contributed by atoms with Crippen LogP contribution in [0.3, 0.4) is 0 Å². The fourth-order valence-electron chi connectivity index (χ4n) is 1.41. The number of ether oxygens (including phenoxy) is 1. The van der Waals surface area contributed by atoms with Gasteiger partial charge in [0, 0.05) is 0 Å². The van der Waals surface area contributed by atoms with Crippen molar-refractivity contribution >= 4 is 17.5 Å². The van der Waals surface area contributed by atoms with E-state index in [4.69, 9.17) is 4.74 Å². The molecule has 1 atom stereocenters. The number of rotatable bonds is 1. The molecule has 2 nitrogen and oxygen atoms in total. The van der Waals surface area contributed by atoms with Gasteiger partial charge in [-0.15, -0.1) is 0 Å². The Bertz CT molecular complexity index is 407. The Hall–Kier alpha value is -1.57. The second kappa shape index (κ2) is 3.29. The summed E-state index contributed by atoms with van der Waals surface area (Å²) in [6.07, 6.45) is 1.89. The predicted octanol–water partition coefficient (Wildman–Crippen LogP) is 3.20. The predicted molar refractivity (Wildman–Crippen MR) is 59.4 cm³/mol. The monoisotopic (exact) mass is 187 g/mol. The van der Waals surface area contributed by atoms with E-state index in [0.29, 0.717) is 0 Å². The summed E-state index contributed by atoms with van der Waals surface area (Å²) < 4.78 is 5.68. The Labute approximate surface area is 83.9 Å². The first-order valence-corrected chi connectivity index (χ1v) is 4.69. The molecule has 0 amide bonds. The molecule has 0 saturated carbocycles. The normalized spacial score (nSPS) is 19.3. The van der Waals surface area contributed by atoms with Crippen molar-refractivity contribution in [3.63, 3.8) is 0 Å². The van der Waals surface area contributed by atoms with Gasteiger partial charge in [0.1, 0.15) is 17.5 Å². The van der Waals surface area contributed by atoms with Crippen LogP contribution in [0.2, 0.25) is 0 Å². The molecule has 1 aliphatic rings. The van der Waals surface area contributed by atoms with Gasteiger partial charge < -0.3 is 4.74 Å². The zero-order chi connectivity index (χ0) is 10.1. The Balaban J connectivity index is 2.50. The molecule has 1 aromatic carbocycles. The highest BCUT2D eigenvalue weighted by Crippen LogP contribution is 2.33. The molecular formula is C12H13NO. The van der Waals surface area contributed by atoms with Gasteiger partial charge in [0.15, 0.2) is 0 Å². The number of hydrogen-bond donors (Lipinski definition) is 0. The van der Waals surface area contributed by atoms with Crippen molar-refractivity contribution in [1.29, 1.82) is 0 Å². The van der Waals surface area contributed by atoms with Crippen LogP contribution in [0.15, 0.2) is 29.8 Å². The van der Waals surface area contributed by atoms with Crippen LogP contribution >= 0.6 is 0 Å². The van der Waals surface area contributed by atoms with Crippen LogP contribution in [0.5, 0.6) is 5.75 Å². The van der Waals surface area contributed by atoms with Crippen LogP contribution in [0.4, 0.5) is 5.69 Å². The van der Waals surface area contributed by atoms with E-state index in [9.17, 15) is 0 Å². The quantitative estimate of drug-likeness (QED) is 0.661. The first-order valence-electron chi connectivity index (χ1n) is 4.69. The molecule has 0 fully saturated rings. The topological polar surface area (TPSA) is 21.6 Å². The van der Waals surface area contributed by atoms with Gasteiger partial charge in [-0.25, -0.2) is 0 Å². The maximum absolute atomic E-state index is 5.68. The molecule has 0 saturated heterocycles. The summed E-state index contributed by atoms with van der Waals surface area (Å²) in [6, 6.07) is 5.91. The molecule has 72 valence electrons. The van der Waals surface area contributed by atoms with Crippen molar-refractivity contribution in [3.8, 4) is 5.75 Å². The summed E-state index contributed by atoms with van der Waals surface area (Å²) in [6.45, 7) is 7.71. The average Bonchev–Trinajstić information content (AvgIpc) is 2.19. The van der Waals surface area contributed by atoms with E-state index in [-0.39, 0.29) is 6.10 Å². The maximum Gasteiger partial charge on any atom is 0.145 e. The van der Waals surface area contributed by atoms with Crippen molar-refractivity contribution in [2.75, 3.05) is 0 Å². The van der Waals surface area contributed by atoms with E-state index in [1.54, 1.807) is 0 Å². The van der Waals surface area contributed by atoms with E-state index < -0.39 is 0 Å². The fraction of sp³-hybridized carbons (Fsp3) is 0.250. The van der Waals surface area contributed by atoms with Gasteiger partial charge in [0.2, 0.25) is 0 Å². The summed E-state index contributed by atoms with van der Waals surface area (Å²) in [5.41, 5.74) is 2.98. The summed E-state index contributed by atoms with van der Waals surface area (Å²) in [7, 11) is 0. The van der Waals surface area contributed by atoms with Crippen LogP contribution in [0, 0.1) is 0 Å². The summed E-state index contributed by atoms with van der Waals surface area (Å²) in [4.78, 5) is 4.48. The van der Waals surface area contributed by atoms with E-state index in [0.717, 1.165) is 22.7 Å². The molecule has 0 aliphatic carbocycles. The lowest BCUT2D eigenvalue weighted by molar-refractivity contribution is 0.282. The van der Waals surface area contributed by atoms with Crippen molar-refractivity contribution in [2.45, 2.75) is 20.0 Å². The molecule has 0 spiro atoms. The molecule has 1 aromatic rings. The van der Waals surface area contributed by atoms with Crippen LogP contribution in [-0.4, -0.2) is 11.8 Å². The largest absolute Gasteiger partial charge is 0.483 e. The lowest BCUT2D eigenvalue weighted by atomic mass is 10.1. The highest BCUT2D eigenvalue weighted by molar-refractivity contribution is 5.91. The van der Waals surface area contributed by atoms with Crippen molar-refractivity contribution in [2.24, 2.45) is 4.99 Å². The van der Waals surface area contributed by atoms with Crippen molar-refractivity contribution in [3.05, 3.63) is 30.3 Å². The zero-order valence-corrected chi connectivity index (χ0v) is 8.45. The summed E-state index contributed by atoms with van der Waals surface area (Å²) in [5.74, 6) is 0.855. The van der Waals surface area contributed by atoms with Crippen LogP contribution in [0.1, 0.15) is 19.4 Å². The number of fused-ring (bicyclic) bond motifs is 1. The number of aliphatic imine (C=N–C) groups is 1. The fourth-order valence-corrected chi connectivity index (χ4v) is 1.41. The lowest BCUT2D eigenvalue weighted by Gasteiger charge is -2.21. The number of benzene rings is 1. The zero-order valence-electron chi connectivity index (χ0n) is 8.45. The van der Waals surface area contributed by atoms with E-state index in [1.165, 1.54) is 0 Å².